The summed E-state index contributed by atoms with van der Waals surface area (Å²) in [4.78, 5) is 23.9. The van der Waals surface area contributed by atoms with E-state index in [4.69, 9.17) is 4.74 Å². The zero-order chi connectivity index (χ0) is 17.7. The topological polar surface area (TPSA) is 75.6 Å². The van der Waals surface area contributed by atoms with Crippen molar-refractivity contribution in [2.24, 2.45) is 11.8 Å². The minimum atomic E-state index is -0.921. The molecule has 2 rings (SSSR count). The molecule has 2 N–H and O–H groups in total. The number of hydrogen-bond donors (Lipinski definition) is 2. The second-order valence-corrected chi connectivity index (χ2v) is 6.43. The SMILES string of the molecule is CC(C)Oc1ccccc1[C@H](C)NC(=O)[C@H]1CC=CC[C@@H]1C(=O)O. The predicted molar refractivity (Wildman–Crippen MR) is 91.8 cm³/mol. The molecule has 1 aliphatic rings. The van der Waals surface area contributed by atoms with Crippen LogP contribution in [0.4, 0.5) is 0 Å². The van der Waals surface area contributed by atoms with Gasteiger partial charge in [0.1, 0.15) is 5.75 Å². The molecule has 0 bridgehead atoms. The number of carbonyl (C=O) groups is 2. The van der Waals surface area contributed by atoms with Gasteiger partial charge in [0, 0.05) is 5.56 Å². The Morgan fingerprint density at radius 3 is 2.38 bits per heavy atom. The summed E-state index contributed by atoms with van der Waals surface area (Å²) in [6.07, 6.45) is 4.60. The van der Waals surface area contributed by atoms with Gasteiger partial charge < -0.3 is 15.2 Å². The number of amides is 1. The molecule has 0 radical (unpaired) electrons. The monoisotopic (exact) mass is 331 g/mol. The molecule has 0 saturated heterocycles. The zero-order valence-corrected chi connectivity index (χ0v) is 14.4. The van der Waals surface area contributed by atoms with Gasteiger partial charge in [0.25, 0.3) is 0 Å². The average Bonchev–Trinajstić information content (AvgIpc) is 2.54. The van der Waals surface area contributed by atoms with Gasteiger partial charge in [-0.2, -0.15) is 0 Å². The maximum Gasteiger partial charge on any atom is 0.307 e. The van der Waals surface area contributed by atoms with Crippen molar-refractivity contribution >= 4 is 11.9 Å². The van der Waals surface area contributed by atoms with Crippen LogP contribution in [-0.2, 0) is 9.59 Å². The second kappa shape index (κ2) is 7.99. The molecular formula is C19H25NO4. The van der Waals surface area contributed by atoms with Gasteiger partial charge in [-0.05, 0) is 39.7 Å². The van der Waals surface area contributed by atoms with E-state index in [9.17, 15) is 14.7 Å². The van der Waals surface area contributed by atoms with Gasteiger partial charge in [0.2, 0.25) is 5.91 Å². The number of carboxylic acids is 1. The number of allylic oxidation sites excluding steroid dienone is 2. The lowest BCUT2D eigenvalue weighted by Crippen LogP contribution is -2.39. The Labute approximate surface area is 142 Å². The van der Waals surface area contributed by atoms with Crippen LogP contribution < -0.4 is 10.1 Å². The molecule has 0 aliphatic heterocycles. The van der Waals surface area contributed by atoms with Crippen LogP contribution in [0.3, 0.4) is 0 Å². The first kappa shape index (κ1) is 18.0. The highest BCUT2D eigenvalue weighted by atomic mass is 16.5. The third-order valence-electron chi connectivity index (χ3n) is 4.19. The van der Waals surface area contributed by atoms with Crippen LogP contribution in [0.1, 0.15) is 45.2 Å². The van der Waals surface area contributed by atoms with Gasteiger partial charge in [-0.25, -0.2) is 0 Å². The molecule has 1 aromatic rings. The van der Waals surface area contributed by atoms with E-state index < -0.39 is 17.8 Å². The smallest absolute Gasteiger partial charge is 0.307 e. The molecule has 5 nitrogen and oxygen atoms in total. The Morgan fingerprint density at radius 1 is 1.12 bits per heavy atom. The van der Waals surface area contributed by atoms with Crippen molar-refractivity contribution in [1.82, 2.24) is 5.32 Å². The van der Waals surface area contributed by atoms with E-state index in [1.54, 1.807) is 0 Å². The molecule has 3 atom stereocenters. The number of hydrogen-bond acceptors (Lipinski definition) is 3. The van der Waals surface area contributed by atoms with E-state index in [1.165, 1.54) is 0 Å². The Balaban J connectivity index is 2.11. The van der Waals surface area contributed by atoms with Crippen LogP contribution in [0, 0.1) is 11.8 Å². The standard InChI is InChI=1S/C19H25NO4/c1-12(2)24-17-11-7-6-8-14(17)13(3)20-18(21)15-9-4-5-10-16(15)19(22)23/h4-8,11-13,15-16H,9-10H2,1-3H3,(H,20,21)(H,22,23)/t13-,15-,16-/m0/s1. The first-order valence-corrected chi connectivity index (χ1v) is 8.34. The van der Waals surface area contributed by atoms with Crippen molar-refractivity contribution in [3.8, 4) is 5.75 Å². The van der Waals surface area contributed by atoms with Crippen molar-refractivity contribution in [1.29, 1.82) is 0 Å². The Bertz CT molecular complexity index is 624. The van der Waals surface area contributed by atoms with Gasteiger partial charge in [-0.3, -0.25) is 9.59 Å². The third kappa shape index (κ3) is 4.37. The fourth-order valence-corrected chi connectivity index (χ4v) is 2.97. The first-order chi connectivity index (χ1) is 11.4. The van der Waals surface area contributed by atoms with Crippen LogP contribution in [0.5, 0.6) is 5.75 Å². The van der Waals surface area contributed by atoms with E-state index in [1.807, 2.05) is 57.2 Å². The largest absolute Gasteiger partial charge is 0.491 e. The summed E-state index contributed by atoms with van der Waals surface area (Å²) in [6.45, 7) is 5.78. The van der Waals surface area contributed by atoms with Crippen molar-refractivity contribution in [3.05, 3.63) is 42.0 Å². The quantitative estimate of drug-likeness (QED) is 0.784. The van der Waals surface area contributed by atoms with Crippen LogP contribution >= 0.6 is 0 Å². The van der Waals surface area contributed by atoms with E-state index in [2.05, 4.69) is 5.32 Å². The second-order valence-electron chi connectivity index (χ2n) is 6.43. The van der Waals surface area contributed by atoms with Crippen molar-refractivity contribution in [2.75, 3.05) is 0 Å². The number of rotatable bonds is 6. The number of ether oxygens (including phenoxy) is 1. The maximum atomic E-state index is 12.6. The summed E-state index contributed by atoms with van der Waals surface area (Å²) in [7, 11) is 0. The zero-order valence-electron chi connectivity index (χ0n) is 14.4. The molecule has 1 aromatic carbocycles. The summed E-state index contributed by atoms with van der Waals surface area (Å²) in [5.74, 6) is -1.61. The van der Waals surface area contributed by atoms with E-state index >= 15 is 0 Å². The molecule has 1 amide bonds. The highest BCUT2D eigenvalue weighted by Crippen LogP contribution is 2.29. The number of nitrogens with one attached hydrogen (secondary N) is 1. The lowest BCUT2D eigenvalue weighted by atomic mass is 9.82. The normalized spacial score (nSPS) is 21.3. The van der Waals surface area contributed by atoms with E-state index in [-0.39, 0.29) is 18.1 Å². The van der Waals surface area contributed by atoms with Gasteiger partial charge >= 0.3 is 5.97 Å². The number of para-hydroxylation sites is 1. The number of aliphatic carboxylic acids is 1. The molecule has 130 valence electrons. The van der Waals surface area contributed by atoms with Crippen LogP contribution in [-0.4, -0.2) is 23.1 Å². The van der Waals surface area contributed by atoms with Gasteiger partial charge in [-0.1, -0.05) is 30.4 Å². The Hall–Kier alpha value is -2.30. The van der Waals surface area contributed by atoms with Crippen molar-refractivity contribution in [2.45, 2.75) is 45.8 Å². The summed E-state index contributed by atoms with van der Waals surface area (Å²) < 4.78 is 5.80. The van der Waals surface area contributed by atoms with Crippen LogP contribution in [0.25, 0.3) is 0 Å². The van der Waals surface area contributed by atoms with Crippen LogP contribution in [0.2, 0.25) is 0 Å². The minimum absolute atomic E-state index is 0.0360. The van der Waals surface area contributed by atoms with E-state index in [0.717, 1.165) is 11.3 Å². The molecule has 0 heterocycles. The predicted octanol–water partition coefficient (Wildman–Crippen LogP) is 3.32. The summed E-state index contributed by atoms with van der Waals surface area (Å²) in [5.41, 5.74) is 0.887. The highest BCUT2D eigenvalue weighted by Gasteiger charge is 2.34. The van der Waals surface area contributed by atoms with Gasteiger partial charge in [0.05, 0.1) is 24.0 Å². The van der Waals surface area contributed by atoms with E-state index in [0.29, 0.717) is 12.8 Å². The maximum absolute atomic E-state index is 12.6. The lowest BCUT2D eigenvalue weighted by Gasteiger charge is -2.27. The highest BCUT2D eigenvalue weighted by molar-refractivity contribution is 5.85. The molecule has 0 spiro atoms. The Kier molecular flexibility index (Phi) is 6.01. The lowest BCUT2D eigenvalue weighted by molar-refractivity contribution is -0.147. The summed E-state index contributed by atoms with van der Waals surface area (Å²) >= 11 is 0. The molecular weight excluding hydrogens is 306 g/mol. The Morgan fingerprint density at radius 2 is 1.75 bits per heavy atom. The summed E-state index contributed by atoms with van der Waals surface area (Å²) in [5, 5.41) is 12.3. The minimum Gasteiger partial charge on any atom is -0.491 e. The third-order valence-corrected chi connectivity index (χ3v) is 4.19. The van der Waals surface area contributed by atoms with Crippen molar-refractivity contribution < 1.29 is 19.4 Å². The molecule has 0 aromatic heterocycles. The fraction of sp³-hybridized carbons (Fsp3) is 0.474. The molecule has 24 heavy (non-hydrogen) atoms. The first-order valence-electron chi connectivity index (χ1n) is 8.34. The average molecular weight is 331 g/mol. The molecule has 5 heteroatoms. The molecule has 0 saturated carbocycles. The number of benzene rings is 1. The van der Waals surface area contributed by atoms with Gasteiger partial charge in [0.15, 0.2) is 0 Å². The molecule has 1 aliphatic carbocycles. The van der Waals surface area contributed by atoms with Crippen molar-refractivity contribution in [3.63, 3.8) is 0 Å². The number of carboxylic acid groups (broad SMARTS) is 1. The summed E-state index contributed by atoms with van der Waals surface area (Å²) in [6, 6.07) is 7.32. The fourth-order valence-electron chi connectivity index (χ4n) is 2.97. The molecule has 0 fully saturated rings. The van der Waals surface area contributed by atoms with Gasteiger partial charge in [-0.15, -0.1) is 0 Å². The molecule has 0 unspecified atom stereocenters. The van der Waals surface area contributed by atoms with Crippen LogP contribution in [0.15, 0.2) is 36.4 Å². The number of carbonyl (C=O) groups excluding carboxylic acids is 1.